The van der Waals surface area contributed by atoms with Gasteiger partial charge in [-0.1, -0.05) is 31.4 Å². The van der Waals surface area contributed by atoms with Gasteiger partial charge in [-0.2, -0.15) is 0 Å². The van der Waals surface area contributed by atoms with Gasteiger partial charge in [0.2, 0.25) is 0 Å². The van der Waals surface area contributed by atoms with Crippen molar-refractivity contribution in [1.29, 1.82) is 0 Å². The average Bonchev–Trinajstić information content (AvgIpc) is 2.71. The summed E-state index contributed by atoms with van der Waals surface area (Å²) < 4.78 is 4.60. The number of hydrogen-bond acceptors (Lipinski definition) is 2. The Labute approximate surface area is 86.0 Å². The van der Waals surface area contributed by atoms with E-state index >= 15 is 0 Å². The van der Waals surface area contributed by atoms with E-state index in [2.05, 4.69) is 30.0 Å². The molecule has 0 fully saturated rings. The summed E-state index contributed by atoms with van der Waals surface area (Å²) in [5, 5.41) is 0. The first kappa shape index (κ1) is 12.7. The number of esters is 1. The van der Waals surface area contributed by atoms with E-state index in [-0.39, 0.29) is 12.6 Å². The van der Waals surface area contributed by atoms with Crippen molar-refractivity contribution >= 4 is 5.97 Å². The van der Waals surface area contributed by atoms with Crippen LogP contribution in [-0.2, 0) is 9.53 Å². The molecule has 0 aromatic heterocycles. The number of hydrogen-bond donors (Lipinski definition) is 0. The Hall–Kier alpha value is -1.31. The summed E-state index contributed by atoms with van der Waals surface area (Å²) in [6.45, 7) is 8.64. The minimum Gasteiger partial charge on any atom is -0.458 e. The predicted octanol–water partition coefficient (Wildman–Crippen LogP) is 3.02. The van der Waals surface area contributed by atoms with Crippen LogP contribution in [0, 0.1) is 0 Å². The molecule has 0 aromatic carbocycles. The summed E-state index contributed by atoms with van der Waals surface area (Å²) in [5.41, 5.74) is 0.414. The molecule has 78 valence electrons. The standard InChI is InChI=1S/C7H10O2.C5H8/c1-4-5-9-7(8)6(2)3;1-2-4-5-3-1/h4H,1-2,5H2,3H3;1-2H,3-5H2. The molecule has 0 heterocycles. The minimum absolute atomic E-state index is 0.256. The molecule has 0 unspecified atom stereocenters. The molecule has 0 saturated heterocycles. The van der Waals surface area contributed by atoms with Crippen LogP contribution in [0.25, 0.3) is 0 Å². The number of rotatable bonds is 3. The fraction of sp³-hybridized carbons (Fsp3) is 0.417. The molecule has 2 heteroatoms. The van der Waals surface area contributed by atoms with Crippen LogP contribution >= 0.6 is 0 Å². The molecule has 0 N–H and O–H groups in total. The Morgan fingerprint density at radius 1 is 1.50 bits per heavy atom. The van der Waals surface area contributed by atoms with E-state index in [0.717, 1.165) is 0 Å². The fourth-order valence-electron chi connectivity index (χ4n) is 0.847. The van der Waals surface area contributed by atoms with Crippen molar-refractivity contribution in [3.63, 3.8) is 0 Å². The molecule has 0 atom stereocenters. The van der Waals surface area contributed by atoms with Crippen LogP contribution < -0.4 is 0 Å². The van der Waals surface area contributed by atoms with Gasteiger partial charge in [-0.15, -0.1) is 0 Å². The molecule has 0 aromatic rings. The van der Waals surface area contributed by atoms with Gasteiger partial charge in [-0.05, 0) is 26.2 Å². The SMILES string of the molecule is C1=CCCC1.C=CCOC(=O)C(=C)C. The predicted molar refractivity (Wildman–Crippen MR) is 59.0 cm³/mol. The summed E-state index contributed by atoms with van der Waals surface area (Å²) in [4.78, 5) is 10.5. The van der Waals surface area contributed by atoms with Crippen molar-refractivity contribution in [3.8, 4) is 0 Å². The fourth-order valence-corrected chi connectivity index (χ4v) is 0.847. The second kappa shape index (κ2) is 8.30. The first-order chi connectivity index (χ1) is 6.68. The number of allylic oxidation sites excluding steroid dienone is 2. The molecule has 0 bridgehead atoms. The normalized spacial score (nSPS) is 12.6. The summed E-state index contributed by atoms with van der Waals surface area (Å²) >= 11 is 0. The Morgan fingerprint density at radius 2 is 2.07 bits per heavy atom. The lowest BCUT2D eigenvalue weighted by Gasteiger charge is -1.97. The number of carbonyl (C=O) groups is 1. The first-order valence-corrected chi connectivity index (χ1v) is 4.77. The van der Waals surface area contributed by atoms with Crippen molar-refractivity contribution in [2.45, 2.75) is 26.2 Å². The van der Waals surface area contributed by atoms with Crippen LogP contribution in [0.2, 0.25) is 0 Å². The highest BCUT2D eigenvalue weighted by Gasteiger charge is 1.98. The van der Waals surface area contributed by atoms with E-state index in [1.807, 2.05) is 0 Å². The Balaban J connectivity index is 0.000000280. The van der Waals surface area contributed by atoms with E-state index in [0.29, 0.717) is 5.57 Å². The van der Waals surface area contributed by atoms with Gasteiger partial charge in [0.15, 0.2) is 0 Å². The maximum atomic E-state index is 10.5. The molecule has 2 nitrogen and oxygen atoms in total. The summed E-state index contributed by atoms with van der Waals surface area (Å²) in [6, 6.07) is 0. The zero-order valence-electron chi connectivity index (χ0n) is 8.79. The van der Waals surface area contributed by atoms with E-state index in [1.54, 1.807) is 6.92 Å². The average molecular weight is 194 g/mol. The molecule has 0 aliphatic heterocycles. The Bertz CT molecular complexity index is 220. The molecule has 0 amide bonds. The van der Waals surface area contributed by atoms with Crippen LogP contribution in [0.15, 0.2) is 37.0 Å². The summed E-state index contributed by atoms with van der Waals surface area (Å²) in [7, 11) is 0. The topological polar surface area (TPSA) is 26.3 Å². The molecule has 1 aliphatic carbocycles. The molecular weight excluding hydrogens is 176 g/mol. The second-order valence-corrected chi connectivity index (χ2v) is 3.07. The quantitative estimate of drug-likeness (QED) is 0.392. The van der Waals surface area contributed by atoms with Crippen LogP contribution in [0.5, 0.6) is 0 Å². The molecule has 1 rings (SSSR count). The Kier molecular flexibility index (Phi) is 7.52. The largest absolute Gasteiger partial charge is 0.458 e. The second-order valence-electron chi connectivity index (χ2n) is 3.07. The van der Waals surface area contributed by atoms with Crippen molar-refractivity contribution in [1.82, 2.24) is 0 Å². The monoisotopic (exact) mass is 194 g/mol. The molecular formula is C12H18O2. The Morgan fingerprint density at radius 3 is 2.36 bits per heavy atom. The zero-order chi connectivity index (χ0) is 10.8. The number of carbonyl (C=O) groups excluding carboxylic acids is 1. The van der Waals surface area contributed by atoms with Gasteiger partial charge in [0.1, 0.15) is 6.61 Å². The highest BCUT2D eigenvalue weighted by atomic mass is 16.5. The minimum atomic E-state index is -0.366. The number of ether oxygens (including phenoxy) is 1. The van der Waals surface area contributed by atoms with E-state index in [4.69, 9.17) is 0 Å². The lowest BCUT2D eigenvalue weighted by molar-refractivity contribution is -0.137. The van der Waals surface area contributed by atoms with Crippen molar-refractivity contribution in [3.05, 3.63) is 37.0 Å². The summed E-state index contributed by atoms with van der Waals surface area (Å²) in [6.07, 6.45) is 10.0. The third-order valence-corrected chi connectivity index (χ3v) is 1.59. The molecule has 0 radical (unpaired) electrons. The van der Waals surface area contributed by atoms with Crippen LogP contribution in [-0.4, -0.2) is 12.6 Å². The highest BCUT2D eigenvalue weighted by Crippen LogP contribution is 2.05. The lowest BCUT2D eigenvalue weighted by atomic mass is 10.4. The smallest absolute Gasteiger partial charge is 0.333 e. The van der Waals surface area contributed by atoms with Crippen LogP contribution in [0.1, 0.15) is 26.2 Å². The maximum absolute atomic E-state index is 10.5. The van der Waals surface area contributed by atoms with Crippen molar-refractivity contribution < 1.29 is 9.53 Å². The van der Waals surface area contributed by atoms with Gasteiger partial charge in [-0.3, -0.25) is 0 Å². The zero-order valence-corrected chi connectivity index (χ0v) is 8.79. The summed E-state index contributed by atoms with van der Waals surface area (Å²) in [5.74, 6) is -0.366. The molecule has 14 heavy (non-hydrogen) atoms. The van der Waals surface area contributed by atoms with Gasteiger partial charge >= 0.3 is 5.97 Å². The highest BCUT2D eigenvalue weighted by molar-refractivity contribution is 5.86. The van der Waals surface area contributed by atoms with Gasteiger partial charge < -0.3 is 4.74 Å². The van der Waals surface area contributed by atoms with Gasteiger partial charge in [0.05, 0.1) is 0 Å². The van der Waals surface area contributed by atoms with Gasteiger partial charge in [-0.25, -0.2) is 4.79 Å². The third kappa shape index (κ3) is 7.35. The van der Waals surface area contributed by atoms with Gasteiger partial charge in [0, 0.05) is 5.57 Å². The van der Waals surface area contributed by atoms with Crippen molar-refractivity contribution in [2.24, 2.45) is 0 Å². The van der Waals surface area contributed by atoms with Crippen LogP contribution in [0.3, 0.4) is 0 Å². The van der Waals surface area contributed by atoms with Crippen LogP contribution in [0.4, 0.5) is 0 Å². The third-order valence-electron chi connectivity index (χ3n) is 1.59. The van der Waals surface area contributed by atoms with Crippen molar-refractivity contribution in [2.75, 3.05) is 6.61 Å². The first-order valence-electron chi connectivity index (χ1n) is 4.77. The molecule has 0 spiro atoms. The van der Waals surface area contributed by atoms with E-state index < -0.39 is 0 Å². The molecule has 0 saturated carbocycles. The van der Waals surface area contributed by atoms with E-state index in [1.165, 1.54) is 25.3 Å². The van der Waals surface area contributed by atoms with E-state index in [9.17, 15) is 4.79 Å². The molecule has 1 aliphatic rings. The maximum Gasteiger partial charge on any atom is 0.333 e. The van der Waals surface area contributed by atoms with Gasteiger partial charge in [0.25, 0.3) is 0 Å². The lowest BCUT2D eigenvalue weighted by Crippen LogP contribution is -2.03.